The molecule has 4 heteroatoms. The number of benzene rings is 2. The summed E-state index contributed by atoms with van der Waals surface area (Å²) in [6.45, 7) is 2.21. The maximum Gasteiger partial charge on any atom is 0.231 e. The average Bonchev–Trinajstić information content (AvgIpc) is 2.87. The molecule has 1 N–H and O–H groups in total. The van der Waals surface area contributed by atoms with Crippen molar-refractivity contribution in [1.29, 1.82) is 0 Å². The number of fused-ring (bicyclic) bond motifs is 1. The highest BCUT2D eigenvalue weighted by molar-refractivity contribution is 9.10. The zero-order valence-corrected chi connectivity index (χ0v) is 12.0. The largest absolute Gasteiger partial charge is 0.454 e. The van der Waals surface area contributed by atoms with Gasteiger partial charge in [-0.2, -0.15) is 0 Å². The van der Waals surface area contributed by atoms with Gasteiger partial charge in [-0.1, -0.05) is 24.3 Å². The lowest BCUT2D eigenvalue weighted by atomic mass is 9.97. The van der Waals surface area contributed by atoms with Gasteiger partial charge in [0.2, 0.25) is 6.79 Å². The highest BCUT2D eigenvalue weighted by atomic mass is 79.9. The lowest BCUT2D eigenvalue weighted by Crippen LogP contribution is -2.02. The van der Waals surface area contributed by atoms with Crippen LogP contribution in [0.25, 0.3) is 0 Å². The summed E-state index contributed by atoms with van der Waals surface area (Å²) in [5.41, 5.74) is 2.74. The SMILES string of the molecule is Cc1ccccc1C(O)c1cc(Br)c2c(c1)OCO2. The van der Waals surface area contributed by atoms with Gasteiger partial charge in [0.05, 0.1) is 4.47 Å². The van der Waals surface area contributed by atoms with E-state index in [0.29, 0.717) is 11.5 Å². The van der Waals surface area contributed by atoms with E-state index in [4.69, 9.17) is 9.47 Å². The van der Waals surface area contributed by atoms with Crippen molar-refractivity contribution in [2.75, 3.05) is 6.79 Å². The zero-order valence-electron chi connectivity index (χ0n) is 10.4. The van der Waals surface area contributed by atoms with Gasteiger partial charge in [0.1, 0.15) is 6.10 Å². The number of hydrogen-bond donors (Lipinski definition) is 1. The van der Waals surface area contributed by atoms with Crippen LogP contribution in [0.5, 0.6) is 11.5 Å². The van der Waals surface area contributed by atoms with E-state index in [-0.39, 0.29) is 6.79 Å². The van der Waals surface area contributed by atoms with Gasteiger partial charge < -0.3 is 14.6 Å². The van der Waals surface area contributed by atoms with Crippen molar-refractivity contribution in [2.45, 2.75) is 13.0 Å². The van der Waals surface area contributed by atoms with E-state index in [1.165, 1.54) is 0 Å². The molecule has 0 saturated carbocycles. The molecule has 19 heavy (non-hydrogen) atoms. The van der Waals surface area contributed by atoms with Gasteiger partial charge in [-0.05, 0) is 51.7 Å². The maximum absolute atomic E-state index is 10.5. The third kappa shape index (κ3) is 2.22. The Balaban J connectivity index is 2.03. The van der Waals surface area contributed by atoms with Crippen LogP contribution < -0.4 is 9.47 Å². The standard InChI is InChI=1S/C15H13BrO3/c1-9-4-2-3-5-11(9)14(17)10-6-12(16)15-13(7-10)18-8-19-15/h2-7,14,17H,8H2,1H3. The Morgan fingerprint density at radius 1 is 1.21 bits per heavy atom. The fraction of sp³-hybridized carbons (Fsp3) is 0.200. The van der Waals surface area contributed by atoms with Gasteiger partial charge in [-0.15, -0.1) is 0 Å². The fourth-order valence-corrected chi connectivity index (χ4v) is 2.79. The number of aryl methyl sites for hydroxylation is 1. The van der Waals surface area contributed by atoms with Crippen molar-refractivity contribution in [3.63, 3.8) is 0 Å². The molecule has 1 atom stereocenters. The molecular weight excluding hydrogens is 308 g/mol. The predicted octanol–water partition coefficient (Wildman–Crippen LogP) is 3.57. The molecule has 0 radical (unpaired) electrons. The van der Waals surface area contributed by atoms with Crippen LogP contribution >= 0.6 is 15.9 Å². The molecule has 1 unspecified atom stereocenters. The second-order valence-corrected chi connectivity index (χ2v) is 5.35. The van der Waals surface area contributed by atoms with Crippen LogP contribution in [0, 0.1) is 6.92 Å². The van der Waals surface area contributed by atoms with E-state index in [2.05, 4.69) is 15.9 Å². The normalized spacial score (nSPS) is 14.5. The Morgan fingerprint density at radius 2 is 2.00 bits per heavy atom. The molecule has 2 aromatic rings. The van der Waals surface area contributed by atoms with Crippen molar-refractivity contribution in [3.05, 3.63) is 57.6 Å². The molecule has 1 aliphatic heterocycles. The van der Waals surface area contributed by atoms with Crippen LogP contribution in [0.3, 0.4) is 0 Å². The molecule has 0 spiro atoms. The Bertz CT molecular complexity index is 625. The van der Waals surface area contributed by atoms with Crippen molar-refractivity contribution >= 4 is 15.9 Å². The van der Waals surface area contributed by atoms with Gasteiger partial charge in [0, 0.05) is 0 Å². The molecule has 1 heterocycles. The highest BCUT2D eigenvalue weighted by Crippen LogP contribution is 2.42. The number of ether oxygens (including phenoxy) is 2. The number of aliphatic hydroxyl groups is 1. The first kappa shape index (κ1) is 12.5. The van der Waals surface area contributed by atoms with Gasteiger partial charge in [-0.25, -0.2) is 0 Å². The van der Waals surface area contributed by atoms with Gasteiger partial charge in [0.25, 0.3) is 0 Å². The van der Waals surface area contributed by atoms with Gasteiger partial charge in [-0.3, -0.25) is 0 Å². The summed E-state index contributed by atoms with van der Waals surface area (Å²) in [6, 6.07) is 11.5. The summed E-state index contributed by atoms with van der Waals surface area (Å²) in [6.07, 6.45) is -0.674. The Morgan fingerprint density at radius 3 is 2.79 bits per heavy atom. The minimum Gasteiger partial charge on any atom is -0.454 e. The summed E-state index contributed by atoms with van der Waals surface area (Å²) in [7, 11) is 0. The summed E-state index contributed by atoms with van der Waals surface area (Å²) >= 11 is 3.44. The summed E-state index contributed by atoms with van der Waals surface area (Å²) < 4.78 is 11.5. The molecule has 0 saturated heterocycles. The molecule has 0 aromatic heterocycles. The maximum atomic E-state index is 10.5. The first-order valence-electron chi connectivity index (χ1n) is 5.99. The molecule has 3 nitrogen and oxygen atoms in total. The molecule has 1 aliphatic rings. The molecule has 0 aliphatic carbocycles. The van der Waals surface area contributed by atoms with Gasteiger partial charge >= 0.3 is 0 Å². The van der Waals surface area contributed by atoms with E-state index in [1.807, 2.05) is 43.3 Å². The van der Waals surface area contributed by atoms with Crippen LogP contribution in [-0.2, 0) is 0 Å². The molecule has 0 amide bonds. The minimum atomic E-state index is -0.674. The Labute approximate surface area is 119 Å². The van der Waals surface area contributed by atoms with Crippen molar-refractivity contribution in [3.8, 4) is 11.5 Å². The number of halogens is 1. The lowest BCUT2D eigenvalue weighted by Gasteiger charge is -2.15. The molecule has 2 aromatic carbocycles. The third-order valence-corrected chi connectivity index (χ3v) is 3.84. The fourth-order valence-electron chi connectivity index (χ4n) is 2.22. The lowest BCUT2D eigenvalue weighted by molar-refractivity contribution is 0.173. The van der Waals surface area contributed by atoms with E-state index >= 15 is 0 Å². The summed E-state index contributed by atoms with van der Waals surface area (Å²) in [4.78, 5) is 0. The van der Waals surface area contributed by atoms with E-state index < -0.39 is 6.10 Å². The summed E-state index contributed by atoms with van der Waals surface area (Å²) in [5, 5.41) is 10.5. The molecule has 0 bridgehead atoms. The van der Waals surface area contributed by atoms with Crippen LogP contribution in [-0.4, -0.2) is 11.9 Å². The van der Waals surface area contributed by atoms with E-state index in [9.17, 15) is 5.11 Å². The Hall–Kier alpha value is -1.52. The van der Waals surface area contributed by atoms with Crippen LogP contribution in [0.4, 0.5) is 0 Å². The third-order valence-electron chi connectivity index (χ3n) is 3.25. The van der Waals surface area contributed by atoms with E-state index in [1.54, 1.807) is 0 Å². The van der Waals surface area contributed by atoms with Crippen molar-refractivity contribution in [2.24, 2.45) is 0 Å². The van der Waals surface area contributed by atoms with Crippen LogP contribution in [0.2, 0.25) is 0 Å². The topological polar surface area (TPSA) is 38.7 Å². The second kappa shape index (κ2) is 4.87. The molecule has 3 rings (SSSR count). The Kier molecular flexibility index (Phi) is 3.21. The zero-order chi connectivity index (χ0) is 13.4. The average molecular weight is 321 g/mol. The summed E-state index contributed by atoms with van der Waals surface area (Å²) in [5.74, 6) is 1.36. The highest BCUT2D eigenvalue weighted by Gasteiger charge is 2.21. The van der Waals surface area contributed by atoms with Gasteiger partial charge in [0.15, 0.2) is 11.5 Å². The quantitative estimate of drug-likeness (QED) is 0.919. The number of aliphatic hydroxyl groups excluding tert-OH is 1. The first-order valence-corrected chi connectivity index (χ1v) is 6.79. The second-order valence-electron chi connectivity index (χ2n) is 4.50. The molecular formula is C15H13BrO3. The number of rotatable bonds is 2. The first-order chi connectivity index (χ1) is 9.16. The van der Waals surface area contributed by atoms with Crippen molar-refractivity contribution < 1.29 is 14.6 Å². The molecule has 98 valence electrons. The van der Waals surface area contributed by atoms with E-state index in [0.717, 1.165) is 21.2 Å². The van der Waals surface area contributed by atoms with Crippen molar-refractivity contribution in [1.82, 2.24) is 0 Å². The number of hydrogen-bond acceptors (Lipinski definition) is 3. The monoisotopic (exact) mass is 320 g/mol. The van der Waals surface area contributed by atoms with Crippen LogP contribution in [0.1, 0.15) is 22.8 Å². The predicted molar refractivity (Wildman–Crippen MR) is 75.5 cm³/mol. The molecule has 0 fully saturated rings. The van der Waals surface area contributed by atoms with Crippen LogP contribution in [0.15, 0.2) is 40.9 Å². The minimum absolute atomic E-state index is 0.220. The smallest absolute Gasteiger partial charge is 0.231 e.